The molecule has 0 radical (unpaired) electrons. The standard InChI is InChI=1S/C16H25N3O/c1-5-16(20,6-2)11-17-12(3)15-18-13-9-7-8-10-14(13)19(15)4/h7-10,12,17,20H,5-6,11H2,1-4H3. The highest BCUT2D eigenvalue weighted by Crippen LogP contribution is 2.20. The van der Waals surface area contributed by atoms with E-state index in [2.05, 4.69) is 27.9 Å². The number of aryl methyl sites for hydroxylation is 1. The minimum absolute atomic E-state index is 0.108. The van der Waals surface area contributed by atoms with Crippen LogP contribution in [0.1, 0.15) is 45.5 Å². The van der Waals surface area contributed by atoms with Gasteiger partial charge >= 0.3 is 0 Å². The number of nitrogens with one attached hydrogen (secondary N) is 1. The number of imidazole rings is 1. The topological polar surface area (TPSA) is 50.1 Å². The molecule has 0 aliphatic carbocycles. The maximum atomic E-state index is 10.3. The summed E-state index contributed by atoms with van der Waals surface area (Å²) in [5, 5.41) is 13.8. The van der Waals surface area contributed by atoms with Crippen LogP contribution in [0.25, 0.3) is 11.0 Å². The third kappa shape index (κ3) is 2.86. The summed E-state index contributed by atoms with van der Waals surface area (Å²) in [4.78, 5) is 4.68. The quantitative estimate of drug-likeness (QED) is 0.852. The van der Waals surface area contributed by atoms with E-state index < -0.39 is 5.60 Å². The molecule has 1 aromatic carbocycles. The van der Waals surface area contributed by atoms with Crippen molar-refractivity contribution in [3.8, 4) is 0 Å². The zero-order chi connectivity index (χ0) is 14.8. The smallest absolute Gasteiger partial charge is 0.126 e. The SMILES string of the molecule is CCC(O)(CC)CNC(C)c1nc2ccccc2n1C. The number of fused-ring (bicyclic) bond motifs is 1. The predicted octanol–water partition coefficient (Wildman–Crippen LogP) is 2.78. The molecule has 0 saturated heterocycles. The van der Waals surface area contributed by atoms with Crippen molar-refractivity contribution >= 4 is 11.0 Å². The van der Waals surface area contributed by atoms with E-state index in [4.69, 9.17) is 0 Å². The van der Waals surface area contributed by atoms with Gasteiger partial charge in [0.1, 0.15) is 5.82 Å². The van der Waals surface area contributed by atoms with Crippen molar-refractivity contribution in [2.45, 2.75) is 45.3 Å². The molecule has 1 atom stereocenters. The first-order chi connectivity index (χ1) is 9.50. The van der Waals surface area contributed by atoms with Gasteiger partial charge in [-0.2, -0.15) is 0 Å². The summed E-state index contributed by atoms with van der Waals surface area (Å²) in [7, 11) is 2.04. The number of rotatable bonds is 6. The fourth-order valence-electron chi connectivity index (χ4n) is 2.49. The second kappa shape index (κ2) is 5.94. The van der Waals surface area contributed by atoms with Crippen LogP contribution in [0.5, 0.6) is 0 Å². The third-order valence-electron chi connectivity index (χ3n) is 4.26. The first-order valence-corrected chi connectivity index (χ1v) is 7.38. The van der Waals surface area contributed by atoms with Crippen LogP contribution in [0.3, 0.4) is 0 Å². The van der Waals surface area contributed by atoms with Gasteiger partial charge in [-0.05, 0) is 31.9 Å². The van der Waals surface area contributed by atoms with E-state index in [1.807, 2.05) is 39.1 Å². The Labute approximate surface area is 120 Å². The molecule has 4 heteroatoms. The van der Waals surface area contributed by atoms with E-state index in [9.17, 15) is 5.11 Å². The van der Waals surface area contributed by atoms with Crippen LogP contribution in [0, 0.1) is 0 Å². The first kappa shape index (κ1) is 15.0. The molecule has 20 heavy (non-hydrogen) atoms. The number of aromatic nitrogens is 2. The van der Waals surface area contributed by atoms with Gasteiger partial charge < -0.3 is 15.0 Å². The second-order valence-electron chi connectivity index (χ2n) is 5.55. The normalized spacial score (nSPS) is 13.8. The first-order valence-electron chi connectivity index (χ1n) is 7.38. The lowest BCUT2D eigenvalue weighted by atomic mass is 9.97. The highest BCUT2D eigenvalue weighted by molar-refractivity contribution is 5.75. The monoisotopic (exact) mass is 275 g/mol. The van der Waals surface area contributed by atoms with Gasteiger partial charge in [0.05, 0.1) is 22.7 Å². The van der Waals surface area contributed by atoms with Gasteiger partial charge in [0.2, 0.25) is 0 Å². The molecular formula is C16H25N3O. The van der Waals surface area contributed by atoms with Gasteiger partial charge in [-0.15, -0.1) is 0 Å². The molecule has 0 aliphatic rings. The average Bonchev–Trinajstić information content (AvgIpc) is 2.82. The number of hydrogen-bond donors (Lipinski definition) is 2. The summed E-state index contributed by atoms with van der Waals surface area (Å²) in [6.45, 7) is 6.72. The van der Waals surface area contributed by atoms with Crippen molar-refractivity contribution in [1.29, 1.82) is 0 Å². The van der Waals surface area contributed by atoms with E-state index in [0.29, 0.717) is 6.54 Å². The fourth-order valence-corrected chi connectivity index (χ4v) is 2.49. The third-order valence-corrected chi connectivity index (χ3v) is 4.26. The molecule has 0 bridgehead atoms. The number of hydrogen-bond acceptors (Lipinski definition) is 3. The van der Waals surface area contributed by atoms with Crippen LogP contribution in [-0.4, -0.2) is 26.8 Å². The lowest BCUT2D eigenvalue weighted by Crippen LogP contribution is -2.40. The van der Waals surface area contributed by atoms with E-state index in [-0.39, 0.29) is 6.04 Å². The zero-order valence-corrected chi connectivity index (χ0v) is 12.8. The van der Waals surface area contributed by atoms with Gasteiger partial charge in [0.25, 0.3) is 0 Å². The maximum Gasteiger partial charge on any atom is 0.126 e. The molecule has 4 nitrogen and oxygen atoms in total. The Hall–Kier alpha value is -1.39. The summed E-state index contributed by atoms with van der Waals surface area (Å²) >= 11 is 0. The molecule has 2 aromatic rings. The maximum absolute atomic E-state index is 10.3. The minimum Gasteiger partial charge on any atom is -0.389 e. The van der Waals surface area contributed by atoms with Crippen molar-refractivity contribution in [2.75, 3.05) is 6.54 Å². The Morgan fingerprint density at radius 1 is 1.30 bits per heavy atom. The van der Waals surface area contributed by atoms with Crippen LogP contribution in [0.4, 0.5) is 0 Å². The Kier molecular flexibility index (Phi) is 4.45. The van der Waals surface area contributed by atoms with Gasteiger partial charge in [0.15, 0.2) is 0 Å². The summed E-state index contributed by atoms with van der Waals surface area (Å²) in [5.41, 5.74) is 1.52. The lowest BCUT2D eigenvalue weighted by Gasteiger charge is -2.27. The number of benzene rings is 1. The zero-order valence-electron chi connectivity index (χ0n) is 12.8. The molecule has 2 N–H and O–H groups in total. The Bertz CT molecular complexity index is 572. The highest BCUT2D eigenvalue weighted by atomic mass is 16.3. The molecule has 1 heterocycles. The highest BCUT2D eigenvalue weighted by Gasteiger charge is 2.23. The Balaban J connectivity index is 2.15. The molecule has 2 rings (SSSR count). The van der Waals surface area contributed by atoms with Gasteiger partial charge in [-0.25, -0.2) is 4.98 Å². The van der Waals surface area contributed by atoms with Crippen molar-refractivity contribution in [2.24, 2.45) is 7.05 Å². The van der Waals surface area contributed by atoms with Gasteiger partial charge in [-0.1, -0.05) is 26.0 Å². The largest absolute Gasteiger partial charge is 0.389 e. The van der Waals surface area contributed by atoms with Crippen LogP contribution >= 0.6 is 0 Å². The number of aliphatic hydroxyl groups is 1. The molecular weight excluding hydrogens is 250 g/mol. The number of para-hydroxylation sites is 2. The molecule has 1 unspecified atom stereocenters. The molecule has 0 saturated carbocycles. The Morgan fingerprint density at radius 2 is 1.95 bits per heavy atom. The average molecular weight is 275 g/mol. The van der Waals surface area contributed by atoms with Gasteiger partial charge in [-0.3, -0.25) is 0 Å². The molecule has 110 valence electrons. The predicted molar refractivity (Wildman–Crippen MR) is 82.7 cm³/mol. The van der Waals surface area contributed by atoms with Crippen molar-refractivity contribution in [3.05, 3.63) is 30.1 Å². The molecule has 0 amide bonds. The van der Waals surface area contributed by atoms with E-state index in [1.165, 1.54) is 0 Å². The Morgan fingerprint density at radius 3 is 2.55 bits per heavy atom. The number of nitrogens with zero attached hydrogens (tertiary/aromatic N) is 2. The summed E-state index contributed by atoms with van der Waals surface area (Å²) < 4.78 is 2.12. The molecule has 0 aliphatic heterocycles. The minimum atomic E-state index is -0.626. The van der Waals surface area contributed by atoms with Crippen LogP contribution in [-0.2, 0) is 7.05 Å². The van der Waals surface area contributed by atoms with Crippen LogP contribution in [0.15, 0.2) is 24.3 Å². The van der Waals surface area contributed by atoms with E-state index >= 15 is 0 Å². The van der Waals surface area contributed by atoms with Crippen molar-refractivity contribution in [1.82, 2.24) is 14.9 Å². The second-order valence-corrected chi connectivity index (χ2v) is 5.55. The van der Waals surface area contributed by atoms with Crippen molar-refractivity contribution < 1.29 is 5.11 Å². The van der Waals surface area contributed by atoms with Crippen LogP contribution < -0.4 is 5.32 Å². The summed E-state index contributed by atoms with van der Waals surface area (Å²) in [6, 6.07) is 8.24. The molecule has 0 fully saturated rings. The molecule has 1 aromatic heterocycles. The fraction of sp³-hybridized carbons (Fsp3) is 0.562. The van der Waals surface area contributed by atoms with E-state index in [1.54, 1.807) is 0 Å². The van der Waals surface area contributed by atoms with Crippen molar-refractivity contribution in [3.63, 3.8) is 0 Å². The summed E-state index contributed by atoms with van der Waals surface area (Å²) in [6.07, 6.45) is 1.51. The van der Waals surface area contributed by atoms with Crippen LogP contribution in [0.2, 0.25) is 0 Å². The molecule has 0 spiro atoms. The van der Waals surface area contributed by atoms with E-state index in [0.717, 1.165) is 29.7 Å². The summed E-state index contributed by atoms with van der Waals surface area (Å²) in [5.74, 6) is 1.00. The van der Waals surface area contributed by atoms with Gasteiger partial charge in [0, 0.05) is 13.6 Å². The lowest BCUT2D eigenvalue weighted by molar-refractivity contribution is 0.0300.